The fraction of sp³-hybridized carbons (Fsp3) is 0.533. The molecule has 1 N–H and O–H groups in total. The second-order valence-corrected chi connectivity index (χ2v) is 5.27. The number of carbonyl (C=O) groups excluding carboxylic acids is 1. The lowest BCUT2D eigenvalue weighted by Gasteiger charge is -2.26. The molecule has 0 aliphatic heterocycles. The molecule has 106 valence electrons. The summed E-state index contributed by atoms with van der Waals surface area (Å²) in [5.41, 5.74) is 0.687. The zero-order valence-electron chi connectivity index (χ0n) is 11.8. The maximum absolute atomic E-state index is 12.8. The average Bonchev–Trinajstić information content (AvgIpc) is 2.36. The Labute approximate surface area is 114 Å². The van der Waals surface area contributed by atoms with Crippen molar-refractivity contribution in [1.29, 1.82) is 0 Å². The molecule has 3 nitrogen and oxygen atoms in total. The zero-order valence-corrected chi connectivity index (χ0v) is 11.8. The number of carbonyl (C=O) groups is 1. The van der Waals surface area contributed by atoms with Crippen LogP contribution in [0.1, 0.15) is 39.2 Å². The Morgan fingerprint density at radius 3 is 2.53 bits per heavy atom. The third kappa shape index (κ3) is 6.34. The number of hydrogen-bond donors (Lipinski definition) is 1. The second-order valence-electron chi connectivity index (χ2n) is 5.27. The fourth-order valence-electron chi connectivity index (χ4n) is 1.53. The number of esters is 1. The van der Waals surface area contributed by atoms with E-state index < -0.39 is 0 Å². The van der Waals surface area contributed by atoms with E-state index in [4.69, 9.17) is 4.74 Å². The van der Waals surface area contributed by atoms with Crippen LogP contribution in [-0.4, -0.2) is 18.1 Å². The molecule has 0 aliphatic carbocycles. The molecule has 0 spiro atoms. The lowest BCUT2D eigenvalue weighted by molar-refractivity contribution is -0.145. The highest BCUT2D eigenvalue weighted by Gasteiger charge is 2.19. The Kier molecular flexibility index (Phi) is 5.96. The Morgan fingerprint density at radius 1 is 1.32 bits per heavy atom. The molecule has 0 amide bonds. The van der Waals surface area contributed by atoms with Crippen molar-refractivity contribution in [3.05, 3.63) is 35.6 Å². The van der Waals surface area contributed by atoms with E-state index >= 15 is 0 Å². The van der Waals surface area contributed by atoms with Crippen LogP contribution >= 0.6 is 0 Å². The van der Waals surface area contributed by atoms with Crippen LogP contribution < -0.4 is 5.32 Å². The normalized spacial score (nSPS) is 11.4. The minimum Gasteiger partial charge on any atom is -0.464 e. The summed E-state index contributed by atoms with van der Waals surface area (Å²) in [6.07, 6.45) is 1.25. The largest absolute Gasteiger partial charge is 0.464 e. The average molecular weight is 267 g/mol. The van der Waals surface area contributed by atoms with Gasteiger partial charge in [-0.05, 0) is 38.0 Å². The Balaban J connectivity index is 2.37. The Hall–Kier alpha value is -1.42. The third-order valence-corrected chi connectivity index (χ3v) is 2.73. The minimum absolute atomic E-state index is 0.167. The first-order valence-corrected chi connectivity index (χ1v) is 6.58. The van der Waals surface area contributed by atoms with Crippen molar-refractivity contribution in [1.82, 2.24) is 5.32 Å². The van der Waals surface area contributed by atoms with Crippen molar-refractivity contribution >= 4 is 5.97 Å². The summed E-state index contributed by atoms with van der Waals surface area (Å²) < 4.78 is 18.0. The van der Waals surface area contributed by atoms with Gasteiger partial charge in [0.05, 0.1) is 0 Å². The highest BCUT2D eigenvalue weighted by Crippen LogP contribution is 2.08. The van der Waals surface area contributed by atoms with Crippen LogP contribution in [0.15, 0.2) is 24.3 Å². The van der Waals surface area contributed by atoms with Crippen molar-refractivity contribution in [3.8, 4) is 0 Å². The van der Waals surface area contributed by atoms with Gasteiger partial charge in [0.15, 0.2) is 0 Å². The van der Waals surface area contributed by atoms with Crippen LogP contribution in [0.4, 0.5) is 4.39 Å². The van der Waals surface area contributed by atoms with E-state index in [2.05, 4.69) is 5.32 Å². The van der Waals surface area contributed by atoms with Gasteiger partial charge in [-0.15, -0.1) is 0 Å². The molecule has 0 bridgehead atoms. The van der Waals surface area contributed by atoms with Crippen LogP contribution in [0, 0.1) is 5.82 Å². The monoisotopic (exact) mass is 267 g/mol. The molecule has 0 radical (unpaired) electrons. The highest BCUT2D eigenvalue weighted by atomic mass is 19.1. The number of nitrogens with one attached hydrogen (secondary N) is 1. The van der Waals surface area contributed by atoms with Crippen molar-refractivity contribution in [2.75, 3.05) is 6.61 Å². The van der Waals surface area contributed by atoms with E-state index in [-0.39, 0.29) is 17.3 Å². The SMILES string of the molecule is CCCC(=O)OCC(C)(C)NCc1ccc(F)cc1. The van der Waals surface area contributed by atoms with Gasteiger partial charge in [0.1, 0.15) is 12.4 Å². The summed E-state index contributed by atoms with van der Waals surface area (Å²) in [6.45, 7) is 6.82. The Morgan fingerprint density at radius 2 is 1.95 bits per heavy atom. The summed E-state index contributed by atoms with van der Waals surface area (Å²) in [5, 5.41) is 3.29. The van der Waals surface area contributed by atoms with Crippen molar-refractivity contribution in [3.63, 3.8) is 0 Å². The lowest BCUT2D eigenvalue weighted by atomic mass is 10.1. The molecule has 0 saturated carbocycles. The first-order valence-electron chi connectivity index (χ1n) is 6.58. The van der Waals surface area contributed by atoms with Gasteiger partial charge in [-0.1, -0.05) is 19.1 Å². The molecule has 1 aromatic rings. The van der Waals surface area contributed by atoms with Gasteiger partial charge in [0, 0.05) is 18.5 Å². The molecule has 19 heavy (non-hydrogen) atoms. The van der Waals surface area contributed by atoms with E-state index in [0.29, 0.717) is 19.6 Å². The molecule has 1 rings (SSSR count). The van der Waals surface area contributed by atoms with E-state index in [1.807, 2.05) is 20.8 Å². The summed E-state index contributed by atoms with van der Waals surface area (Å²) in [6, 6.07) is 6.35. The molecule has 4 heteroatoms. The molecule has 0 saturated heterocycles. The summed E-state index contributed by atoms with van der Waals surface area (Å²) in [5.74, 6) is -0.407. The molecule has 0 heterocycles. The molecular formula is C15H22FNO2. The van der Waals surface area contributed by atoms with Gasteiger partial charge in [-0.2, -0.15) is 0 Å². The lowest BCUT2D eigenvalue weighted by Crippen LogP contribution is -2.43. The summed E-state index contributed by atoms with van der Waals surface area (Å²) in [4.78, 5) is 11.3. The highest BCUT2D eigenvalue weighted by molar-refractivity contribution is 5.69. The van der Waals surface area contributed by atoms with Crippen LogP contribution in [0.2, 0.25) is 0 Å². The molecular weight excluding hydrogens is 245 g/mol. The van der Waals surface area contributed by atoms with Crippen LogP contribution in [0.5, 0.6) is 0 Å². The van der Waals surface area contributed by atoms with Gasteiger partial charge in [0.2, 0.25) is 0 Å². The number of ether oxygens (including phenoxy) is 1. The third-order valence-electron chi connectivity index (χ3n) is 2.73. The van der Waals surface area contributed by atoms with Gasteiger partial charge < -0.3 is 10.1 Å². The number of halogens is 1. The maximum atomic E-state index is 12.8. The Bertz CT molecular complexity index is 401. The molecule has 0 fully saturated rings. The first kappa shape index (κ1) is 15.6. The standard InChI is InChI=1S/C15H22FNO2/c1-4-5-14(18)19-11-15(2,3)17-10-12-6-8-13(16)9-7-12/h6-9,17H,4-5,10-11H2,1-3H3. The van der Waals surface area contributed by atoms with E-state index in [9.17, 15) is 9.18 Å². The fourth-order valence-corrected chi connectivity index (χ4v) is 1.53. The number of rotatable bonds is 7. The van der Waals surface area contributed by atoms with Gasteiger partial charge in [-0.3, -0.25) is 4.79 Å². The van der Waals surface area contributed by atoms with Gasteiger partial charge in [0.25, 0.3) is 0 Å². The molecule has 1 aromatic carbocycles. The van der Waals surface area contributed by atoms with Crippen LogP contribution in [0.25, 0.3) is 0 Å². The molecule has 0 aliphatic rings. The predicted octanol–water partition coefficient (Wildman–Crippen LogP) is 3.04. The molecule has 0 unspecified atom stereocenters. The van der Waals surface area contributed by atoms with Crippen molar-refractivity contribution in [2.45, 2.75) is 45.7 Å². The topological polar surface area (TPSA) is 38.3 Å². The zero-order chi connectivity index (χ0) is 14.3. The van der Waals surface area contributed by atoms with E-state index in [1.165, 1.54) is 12.1 Å². The van der Waals surface area contributed by atoms with Crippen molar-refractivity contribution in [2.24, 2.45) is 0 Å². The van der Waals surface area contributed by atoms with E-state index in [1.54, 1.807) is 12.1 Å². The summed E-state index contributed by atoms with van der Waals surface area (Å²) in [7, 11) is 0. The predicted molar refractivity (Wildman–Crippen MR) is 73.2 cm³/mol. The molecule has 0 atom stereocenters. The smallest absolute Gasteiger partial charge is 0.305 e. The second kappa shape index (κ2) is 7.24. The van der Waals surface area contributed by atoms with E-state index in [0.717, 1.165) is 12.0 Å². The van der Waals surface area contributed by atoms with Crippen LogP contribution in [0.3, 0.4) is 0 Å². The number of benzene rings is 1. The quantitative estimate of drug-likeness (QED) is 0.772. The number of hydrogen-bond acceptors (Lipinski definition) is 3. The van der Waals surface area contributed by atoms with Gasteiger partial charge in [-0.25, -0.2) is 4.39 Å². The molecule has 0 aromatic heterocycles. The first-order chi connectivity index (χ1) is 8.93. The maximum Gasteiger partial charge on any atom is 0.305 e. The van der Waals surface area contributed by atoms with Crippen LogP contribution in [-0.2, 0) is 16.1 Å². The summed E-state index contributed by atoms with van der Waals surface area (Å²) >= 11 is 0. The minimum atomic E-state index is -0.308. The van der Waals surface area contributed by atoms with Gasteiger partial charge >= 0.3 is 5.97 Å². The van der Waals surface area contributed by atoms with Crippen molar-refractivity contribution < 1.29 is 13.9 Å².